The van der Waals surface area contributed by atoms with E-state index in [-0.39, 0.29) is 30.8 Å². The number of benzene rings is 2. The molecule has 0 fully saturated rings. The zero-order chi connectivity index (χ0) is 21.7. The number of carboxylic acids is 1. The maximum absolute atomic E-state index is 13.4. The molecular formula is C24H25F3O3. The first-order chi connectivity index (χ1) is 14.3. The van der Waals surface area contributed by atoms with Crippen molar-refractivity contribution >= 4 is 11.5 Å². The molecule has 0 atom stereocenters. The van der Waals surface area contributed by atoms with Gasteiger partial charge in [-0.15, -0.1) is 0 Å². The Labute approximate surface area is 174 Å². The molecule has 1 aliphatic rings. The highest BCUT2D eigenvalue weighted by Crippen LogP contribution is 2.37. The summed E-state index contributed by atoms with van der Waals surface area (Å²) in [4.78, 5) is 10.7. The average Bonchev–Trinajstić information content (AvgIpc) is 3.19. The number of hydrogen-bond donors (Lipinski definition) is 1. The minimum absolute atomic E-state index is 0.0333. The van der Waals surface area contributed by atoms with Crippen molar-refractivity contribution in [2.45, 2.75) is 51.6 Å². The van der Waals surface area contributed by atoms with Crippen molar-refractivity contribution in [2.24, 2.45) is 0 Å². The molecule has 0 saturated carbocycles. The monoisotopic (exact) mass is 418 g/mol. The largest absolute Gasteiger partial charge is 0.489 e. The molecule has 3 nitrogen and oxygen atoms in total. The highest BCUT2D eigenvalue weighted by Gasteiger charge is 2.34. The van der Waals surface area contributed by atoms with E-state index in [9.17, 15) is 18.0 Å². The fourth-order valence-corrected chi connectivity index (χ4v) is 3.79. The van der Waals surface area contributed by atoms with Gasteiger partial charge in [-0.3, -0.25) is 4.79 Å². The van der Waals surface area contributed by atoms with E-state index >= 15 is 0 Å². The molecule has 2 aromatic rings. The molecule has 0 amide bonds. The number of rotatable bonds is 8. The first kappa shape index (κ1) is 21.9. The molecule has 0 spiro atoms. The van der Waals surface area contributed by atoms with E-state index in [1.165, 1.54) is 23.3 Å². The Morgan fingerprint density at radius 2 is 1.83 bits per heavy atom. The highest BCUT2D eigenvalue weighted by atomic mass is 19.4. The number of hydrogen-bond acceptors (Lipinski definition) is 2. The Hall–Kier alpha value is -2.76. The maximum atomic E-state index is 13.4. The van der Waals surface area contributed by atoms with E-state index in [1.54, 1.807) is 0 Å². The second-order valence-electron chi connectivity index (χ2n) is 7.49. The van der Waals surface area contributed by atoms with Crippen molar-refractivity contribution in [2.75, 3.05) is 6.61 Å². The van der Waals surface area contributed by atoms with Gasteiger partial charge in [0.05, 0.1) is 5.56 Å². The number of aryl methyl sites for hydroxylation is 2. The molecule has 30 heavy (non-hydrogen) atoms. The normalized spacial score (nSPS) is 14.3. The number of carbonyl (C=O) groups is 1. The second kappa shape index (κ2) is 9.37. The number of alkyl halides is 3. The average molecular weight is 418 g/mol. The quantitative estimate of drug-likeness (QED) is 0.547. The van der Waals surface area contributed by atoms with Gasteiger partial charge in [-0.1, -0.05) is 37.3 Å². The van der Waals surface area contributed by atoms with Crippen LogP contribution in [-0.4, -0.2) is 17.7 Å². The van der Waals surface area contributed by atoms with Gasteiger partial charge >= 0.3 is 12.1 Å². The molecule has 0 aliphatic heterocycles. The summed E-state index contributed by atoms with van der Waals surface area (Å²) < 4.78 is 46.0. The van der Waals surface area contributed by atoms with Crippen molar-refractivity contribution < 1.29 is 27.8 Å². The van der Waals surface area contributed by atoms with Gasteiger partial charge in [-0.25, -0.2) is 0 Å². The van der Waals surface area contributed by atoms with E-state index in [4.69, 9.17) is 9.84 Å². The highest BCUT2D eigenvalue weighted by molar-refractivity contribution is 5.71. The number of carboxylic acid groups (broad SMARTS) is 1. The van der Waals surface area contributed by atoms with Gasteiger partial charge in [0.25, 0.3) is 0 Å². The molecule has 0 bridgehead atoms. The predicted octanol–water partition coefficient (Wildman–Crippen LogP) is 6.30. The van der Waals surface area contributed by atoms with Crippen LogP contribution in [0.1, 0.15) is 54.9 Å². The van der Waals surface area contributed by atoms with Crippen LogP contribution in [0, 0.1) is 0 Å². The topological polar surface area (TPSA) is 46.5 Å². The van der Waals surface area contributed by atoms with Crippen LogP contribution in [0.3, 0.4) is 0 Å². The van der Waals surface area contributed by atoms with E-state index in [0.717, 1.165) is 42.9 Å². The maximum Gasteiger partial charge on any atom is 0.416 e. The van der Waals surface area contributed by atoms with E-state index < -0.39 is 17.7 Å². The summed E-state index contributed by atoms with van der Waals surface area (Å²) in [5, 5.41) is 8.77. The van der Waals surface area contributed by atoms with Crippen molar-refractivity contribution in [1.29, 1.82) is 0 Å². The molecule has 1 N–H and O–H groups in total. The molecule has 0 aromatic heterocycles. The molecule has 160 valence electrons. The fourth-order valence-electron chi connectivity index (χ4n) is 3.79. The molecule has 3 rings (SSSR count). The van der Waals surface area contributed by atoms with Crippen molar-refractivity contribution in [3.63, 3.8) is 0 Å². The van der Waals surface area contributed by atoms with Crippen LogP contribution in [0.25, 0.3) is 5.57 Å². The SMILES string of the molecule is CCc1ccc(C2=C(COc3ccc(CCC(=O)O)c(C(F)(F)F)c3)CCC2)cc1. The van der Waals surface area contributed by atoms with E-state index in [0.29, 0.717) is 0 Å². The molecule has 0 saturated heterocycles. The molecular weight excluding hydrogens is 393 g/mol. The number of aliphatic carboxylic acids is 1. The molecule has 6 heteroatoms. The minimum Gasteiger partial charge on any atom is -0.489 e. The summed E-state index contributed by atoms with van der Waals surface area (Å²) in [7, 11) is 0. The molecule has 0 heterocycles. The fraction of sp³-hybridized carbons (Fsp3) is 0.375. The van der Waals surface area contributed by atoms with Gasteiger partial charge in [0.1, 0.15) is 12.4 Å². The summed E-state index contributed by atoms with van der Waals surface area (Å²) in [6.45, 7) is 2.35. The van der Waals surface area contributed by atoms with Crippen molar-refractivity contribution in [3.8, 4) is 5.75 Å². The van der Waals surface area contributed by atoms with Gasteiger partial charge < -0.3 is 9.84 Å². The number of allylic oxidation sites excluding steroid dienone is 1. The van der Waals surface area contributed by atoms with Crippen LogP contribution in [0.2, 0.25) is 0 Å². The first-order valence-corrected chi connectivity index (χ1v) is 10.1. The van der Waals surface area contributed by atoms with Crippen LogP contribution in [0.5, 0.6) is 5.75 Å². The smallest absolute Gasteiger partial charge is 0.416 e. The zero-order valence-corrected chi connectivity index (χ0v) is 16.9. The third-order valence-electron chi connectivity index (χ3n) is 5.45. The minimum atomic E-state index is -4.56. The zero-order valence-electron chi connectivity index (χ0n) is 16.9. The number of halogens is 3. The Balaban J connectivity index is 1.77. The van der Waals surface area contributed by atoms with Crippen LogP contribution >= 0.6 is 0 Å². The van der Waals surface area contributed by atoms with Crippen LogP contribution in [0.4, 0.5) is 13.2 Å². The third kappa shape index (κ3) is 5.43. The van der Waals surface area contributed by atoms with E-state index in [2.05, 4.69) is 31.2 Å². The Bertz CT molecular complexity index is 928. The Morgan fingerprint density at radius 1 is 1.10 bits per heavy atom. The summed E-state index contributed by atoms with van der Waals surface area (Å²) in [6.07, 6.45) is -1.31. The lowest BCUT2D eigenvalue weighted by molar-refractivity contribution is -0.140. The first-order valence-electron chi connectivity index (χ1n) is 10.1. The van der Waals surface area contributed by atoms with E-state index in [1.807, 2.05) is 0 Å². The summed E-state index contributed by atoms with van der Waals surface area (Å²) >= 11 is 0. The Kier molecular flexibility index (Phi) is 6.85. The summed E-state index contributed by atoms with van der Waals surface area (Å²) in [5.74, 6) is -0.988. The summed E-state index contributed by atoms with van der Waals surface area (Å²) in [5.41, 5.74) is 3.86. The van der Waals surface area contributed by atoms with Crippen molar-refractivity contribution in [1.82, 2.24) is 0 Å². The lowest BCUT2D eigenvalue weighted by Gasteiger charge is -2.15. The van der Waals surface area contributed by atoms with Crippen LogP contribution in [-0.2, 0) is 23.8 Å². The molecule has 1 aliphatic carbocycles. The van der Waals surface area contributed by atoms with Crippen LogP contribution in [0.15, 0.2) is 48.0 Å². The molecule has 0 unspecified atom stereocenters. The molecule has 0 radical (unpaired) electrons. The lowest BCUT2D eigenvalue weighted by atomic mass is 10.00. The van der Waals surface area contributed by atoms with Gasteiger partial charge in [0.15, 0.2) is 0 Å². The lowest BCUT2D eigenvalue weighted by Crippen LogP contribution is -2.11. The standard InChI is InChI=1S/C24H25F3O3/c1-2-16-6-8-17(9-7-16)21-5-3-4-19(21)15-30-20-12-10-18(11-13-23(28)29)22(14-20)24(25,26)27/h6-10,12,14H,2-5,11,13,15H2,1H3,(H,28,29). The van der Waals surface area contributed by atoms with Gasteiger partial charge in [0.2, 0.25) is 0 Å². The van der Waals surface area contributed by atoms with Gasteiger partial charge in [-0.05, 0) is 72.1 Å². The third-order valence-corrected chi connectivity index (χ3v) is 5.45. The molecule has 2 aromatic carbocycles. The number of ether oxygens (including phenoxy) is 1. The predicted molar refractivity (Wildman–Crippen MR) is 109 cm³/mol. The van der Waals surface area contributed by atoms with Gasteiger partial charge in [-0.2, -0.15) is 13.2 Å². The Morgan fingerprint density at radius 3 is 2.47 bits per heavy atom. The van der Waals surface area contributed by atoms with Crippen molar-refractivity contribution in [3.05, 3.63) is 70.3 Å². The van der Waals surface area contributed by atoms with Gasteiger partial charge in [0, 0.05) is 6.42 Å². The second-order valence-corrected chi connectivity index (χ2v) is 7.49. The van der Waals surface area contributed by atoms with Crippen LogP contribution < -0.4 is 4.74 Å². The summed E-state index contributed by atoms with van der Waals surface area (Å²) in [6, 6.07) is 12.2.